The predicted octanol–water partition coefficient (Wildman–Crippen LogP) is 2.37. The number of aliphatic carboxylic acids is 1. The van der Waals surface area contributed by atoms with E-state index < -0.39 is 5.97 Å². The van der Waals surface area contributed by atoms with Gasteiger partial charge in [-0.1, -0.05) is 17.3 Å². The van der Waals surface area contributed by atoms with E-state index in [0.29, 0.717) is 23.6 Å². The summed E-state index contributed by atoms with van der Waals surface area (Å²) < 4.78 is 10.4. The Balaban J connectivity index is 2.42. The number of carboxylic acids is 1. The molecule has 0 spiro atoms. The highest BCUT2D eigenvalue weighted by atomic mass is 16.5. The van der Waals surface area contributed by atoms with Crippen molar-refractivity contribution in [2.24, 2.45) is 0 Å². The van der Waals surface area contributed by atoms with E-state index in [0.717, 1.165) is 5.56 Å². The Kier molecular flexibility index (Phi) is 3.62. The SMILES string of the molecule is CCOc1ccccc1-c1nocc1CC(=O)O. The van der Waals surface area contributed by atoms with E-state index in [1.807, 2.05) is 31.2 Å². The van der Waals surface area contributed by atoms with Crippen molar-refractivity contribution in [3.63, 3.8) is 0 Å². The molecular weight excluding hydrogens is 234 g/mol. The topological polar surface area (TPSA) is 72.6 Å². The number of carbonyl (C=O) groups is 1. The lowest BCUT2D eigenvalue weighted by Gasteiger charge is -2.08. The van der Waals surface area contributed by atoms with Crippen LogP contribution in [0.4, 0.5) is 0 Å². The lowest BCUT2D eigenvalue weighted by molar-refractivity contribution is -0.136. The van der Waals surface area contributed by atoms with Crippen molar-refractivity contribution in [1.29, 1.82) is 0 Å². The fraction of sp³-hybridized carbons (Fsp3) is 0.231. The van der Waals surface area contributed by atoms with Crippen LogP contribution in [0.3, 0.4) is 0 Å². The molecule has 0 saturated heterocycles. The van der Waals surface area contributed by atoms with Crippen LogP contribution >= 0.6 is 0 Å². The molecule has 5 nitrogen and oxygen atoms in total. The molecule has 1 heterocycles. The fourth-order valence-corrected chi connectivity index (χ4v) is 1.71. The molecule has 2 aromatic rings. The van der Waals surface area contributed by atoms with E-state index in [9.17, 15) is 4.79 Å². The van der Waals surface area contributed by atoms with Gasteiger partial charge in [0.15, 0.2) is 0 Å². The largest absolute Gasteiger partial charge is 0.493 e. The number of benzene rings is 1. The van der Waals surface area contributed by atoms with Crippen molar-refractivity contribution < 1.29 is 19.2 Å². The fourth-order valence-electron chi connectivity index (χ4n) is 1.71. The van der Waals surface area contributed by atoms with Crippen molar-refractivity contribution in [2.75, 3.05) is 6.61 Å². The first-order valence-corrected chi connectivity index (χ1v) is 5.59. The average Bonchev–Trinajstić information content (AvgIpc) is 2.77. The van der Waals surface area contributed by atoms with Crippen LogP contribution in [0.25, 0.3) is 11.3 Å². The summed E-state index contributed by atoms with van der Waals surface area (Å²) in [6.07, 6.45) is 1.23. The van der Waals surface area contributed by atoms with Gasteiger partial charge in [-0.2, -0.15) is 0 Å². The first-order chi connectivity index (χ1) is 8.72. The van der Waals surface area contributed by atoms with Crippen LogP contribution in [0, 0.1) is 0 Å². The Morgan fingerprint density at radius 1 is 1.44 bits per heavy atom. The summed E-state index contributed by atoms with van der Waals surface area (Å²) in [6, 6.07) is 7.34. The molecule has 1 N–H and O–H groups in total. The third-order valence-electron chi connectivity index (χ3n) is 2.43. The van der Waals surface area contributed by atoms with E-state index in [4.69, 9.17) is 14.4 Å². The van der Waals surface area contributed by atoms with Gasteiger partial charge in [0.1, 0.15) is 17.7 Å². The molecule has 5 heteroatoms. The molecule has 0 aliphatic rings. The minimum Gasteiger partial charge on any atom is -0.493 e. The molecule has 0 amide bonds. The molecule has 1 aromatic heterocycles. The second kappa shape index (κ2) is 5.35. The number of aromatic nitrogens is 1. The molecule has 0 unspecified atom stereocenters. The molecule has 0 atom stereocenters. The van der Waals surface area contributed by atoms with E-state index in [1.54, 1.807) is 0 Å². The number of hydrogen-bond acceptors (Lipinski definition) is 4. The molecule has 2 rings (SSSR count). The van der Waals surface area contributed by atoms with Gasteiger partial charge >= 0.3 is 5.97 Å². The predicted molar refractivity (Wildman–Crippen MR) is 64.4 cm³/mol. The minimum atomic E-state index is -0.923. The van der Waals surface area contributed by atoms with Crippen molar-refractivity contribution in [2.45, 2.75) is 13.3 Å². The van der Waals surface area contributed by atoms with Gasteiger partial charge in [-0.15, -0.1) is 0 Å². The highest BCUT2D eigenvalue weighted by Gasteiger charge is 2.16. The Morgan fingerprint density at radius 3 is 2.94 bits per heavy atom. The van der Waals surface area contributed by atoms with E-state index in [-0.39, 0.29) is 6.42 Å². The maximum absolute atomic E-state index is 10.8. The Morgan fingerprint density at radius 2 is 2.22 bits per heavy atom. The lowest BCUT2D eigenvalue weighted by atomic mass is 10.1. The number of rotatable bonds is 5. The van der Waals surface area contributed by atoms with Gasteiger partial charge in [0.05, 0.1) is 13.0 Å². The first-order valence-electron chi connectivity index (χ1n) is 5.59. The number of para-hydroxylation sites is 1. The molecular formula is C13H13NO4. The summed E-state index contributed by atoms with van der Waals surface area (Å²) in [7, 11) is 0. The highest BCUT2D eigenvalue weighted by molar-refractivity contribution is 5.76. The van der Waals surface area contributed by atoms with Crippen LogP contribution in [0.2, 0.25) is 0 Å². The summed E-state index contributed by atoms with van der Waals surface area (Å²) in [6.45, 7) is 2.42. The van der Waals surface area contributed by atoms with Gasteiger partial charge in [-0.3, -0.25) is 4.79 Å². The quantitative estimate of drug-likeness (QED) is 0.878. The molecule has 94 valence electrons. The molecule has 0 fully saturated rings. The van der Waals surface area contributed by atoms with Crippen LogP contribution in [0.15, 0.2) is 35.1 Å². The zero-order valence-corrected chi connectivity index (χ0v) is 9.92. The molecule has 0 bridgehead atoms. The number of nitrogens with zero attached hydrogens (tertiary/aromatic N) is 1. The Bertz CT molecular complexity index is 547. The third-order valence-corrected chi connectivity index (χ3v) is 2.43. The van der Waals surface area contributed by atoms with Gasteiger partial charge in [0, 0.05) is 11.1 Å². The van der Waals surface area contributed by atoms with Gasteiger partial charge in [-0.05, 0) is 19.1 Å². The molecule has 18 heavy (non-hydrogen) atoms. The summed E-state index contributed by atoms with van der Waals surface area (Å²) in [4.78, 5) is 10.8. The number of hydrogen-bond donors (Lipinski definition) is 1. The van der Waals surface area contributed by atoms with Crippen molar-refractivity contribution >= 4 is 5.97 Å². The van der Waals surface area contributed by atoms with Crippen LogP contribution in [-0.2, 0) is 11.2 Å². The molecule has 0 radical (unpaired) electrons. The third kappa shape index (κ3) is 2.51. The normalized spacial score (nSPS) is 10.3. The molecule has 0 aliphatic carbocycles. The van der Waals surface area contributed by atoms with Gasteiger partial charge in [0.25, 0.3) is 0 Å². The zero-order chi connectivity index (χ0) is 13.0. The Labute approximate surface area is 104 Å². The second-order valence-electron chi connectivity index (χ2n) is 3.69. The Hall–Kier alpha value is -2.30. The summed E-state index contributed by atoms with van der Waals surface area (Å²) in [5, 5.41) is 12.7. The maximum atomic E-state index is 10.8. The van der Waals surface area contributed by atoms with Gasteiger partial charge < -0.3 is 14.4 Å². The number of carboxylic acid groups (broad SMARTS) is 1. The van der Waals surface area contributed by atoms with Crippen molar-refractivity contribution in [1.82, 2.24) is 5.16 Å². The van der Waals surface area contributed by atoms with Crippen LogP contribution < -0.4 is 4.74 Å². The zero-order valence-electron chi connectivity index (χ0n) is 9.92. The average molecular weight is 247 g/mol. The van der Waals surface area contributed by atoms with Gasteiger partial charge in [-0.25, -0.2) is 0 Å². The van der Waals surface area contributed by atoms with Crippen LogP contribution in [0.1, 0.15) is 12.5 Å². The van der Waals surface area contributed by atoms with E-state index in [2.05, 4.69) is 5.16 Å². The summed E-state index contributed by atoms with van der Waals surface area (Å²) in [5.74, 6) is -0.256. The maximum Gasteiger partial charge on any atom is 0.308 e. The molecule has 1 aromatic carbocycles. The number of ether oxygens (including phenoxy) is 1. The molecule has 0 aliphatic heterocycles. The minimum absolute atomic E-state index is 0.126. The monoisotopic (exact) mass is 247 g/mol. The van der Waals surface area contributed by atoms with Crippen LogP contribution in [0.5, 0.6) is 5.75 Å². The van der Waals surface area contributed by atoms with Crippen molar-refractivity contribution in [3.05, 3.63) is 36.1 Å². The van der Waals surface area contributed by atoms with E-state index in [1.165, 1.54) is 6.26 Å². The first kappa shape index (κ1) is 12.2. The van der Waals surface area contributed by atoms with Crippen molar-refractivity contribution in [3.8, 4) is 17.0 Å². The van der Waals surface area contributed by atoms with Crippen LogP contribution in [-0.4, -0.2) is 22.8 Å². The highest BCUT2D eigenvalue weighted by Crippen LogP contribution is 2.31. The lowest BCUT2D eigenvalue weighted by Crippen LogP contribution is -2.01. The molecule has 0 saturated carbocycles. The summed E-state index contributed by atoms with van der Waals surface area (Å²) >= 11 is 0. The standard InChI is InChI=1S/C13H13NO4/c1-2-17-11-6-4-3-5-10(11)13-9(7-12(15)16)8-18-14-13/h3-6,8H,2,7H2,1H3,(H,15,16). The second-order valence-corrected chi connectivity index (χ2v) is 3.69. The summed E-state index contributed by atoms with van der Waals surface area (Å²) in [5.41, 5.74) is 1.79. The smallest absolute Gasteiger partial charge is 0.308 e. The van der Waals surface area contributed by atoms with E-state index >= 15 is 0 Å². The van der Waals surface area contributed by atoms with Gasteiger partial charge in [0.2, 0.25) is 0 Å².